The van der Waals surface area contributed by atoms with E-state index in [0.29, 0.717) is 6.04 Å². The summed E-state index contributed by atoms with van der Waals surface area (Å²) in [5.41, 5.74) is 9.21. The van der Waals surface area contributed by atoms with Gasteiger partial charge in [-0.15, -0.1) is 0 Å². The molecule has 0 bridgehead atoms. The van der Waals surface area contributed by atoms with Gasteiger partial charge in [0.05, 0.1) is 0 Å². The van der Waals surface area contributed by atoms with Crippen LogP contribution >= 0.6 is 0 Å². The fourth-order valence-corrected chi connectivity index (χ4v) is 3.67. The average Bonchev–Trinajstić information content (AvgIpc) is 3.35. The van der Waals surface area contributed by atoms with Crippen molar-refractivity contribution in [2.45, 2.75) is 38.1 Å². The van der Waals surface area contributed by atoms with Crippen LogP contribution in [0.3, 0.4) is 0 Å². The van der Waals surface area contributed by atoms with Crippen molar-refractivity contribution in [2.75, 3.05) is 39.3 Å². The number of benzene rings is 1. The molecule has 1 unspecified atom stereocenters. The first-order valence-corrected chi connectivity index (χ1v) is 8.58. The monoisotopic (exact) mass is 287 g/mol. The molecule has 1 saturated heterocycles. The molecule has 1 heterocycles. The van der Waals surface area contributed by atoms with Crippen LogP contribution in [0.25, 0.3) is 0 Å². The molecule has 0 amide bonds. The summed E-state index contributed by atoms with van der Waals surface area (Å²) in [5, 5.41) is 0. The van der Waals surface area contributed by atoms with Gasteiger partial charge in [0.2, 0.25) is 0 Å². The zero-order valence-electron chi connectivity index (χ0n) is 13.3. The minimum absolute atomic E-state index is 0.408. The highest BCUT2D eigenvalue weighted by atomic mass is 15.3. The van der Waals surface area contributed by atoms with Gasteiger partial charge >= 0.3 is 0 Å². The molecule has 0 aromatic heterocycles. The highest BCUT2D eigenvalue weighted by Gasteiger charge is 2.30. The quantitative estimate of drug-likeness (QED) is 0.873. The Morgan fingerprint density at radius 1 is 1.14 bits per heavy atom. The summed E-state index contributed by atoms with van der Waals surface area (Å²) in [5.74, 6) is 0.802. The third-order valence-electron chi connectivity index (χ3n) is 4.98. The lowest BCUT2D eigenvalue weighted by Crippen LogP contribution is -2.49. The van der Waals surface area contributed by atoms with Gasteiger partial charge in [-0.1, -0.05) is 31.2 Å². The first-order valence-electron chi connectivity index (χ1n) is 8.58. The molecule has 1 aromatic carbocycles. The summed E-state index contributed by atoms with van der Waals surface area (Å²) >= 11 is 0. The van der Waals surface area contributed by atoms with Gasteiger partial charge in [-0.2, -0.15) is 0 Å². The SMILES string of the molecule is CCCN1CCN(C(CN)c2ccccc2C2CC2)CC1. The average molecular weight is 287 g/mol. The Balaban J connectivity index is 1.71. The van der Waals surface area contributed by atoms with Crippen LogP contribution in [0.15, 0.2) is 24.3 Å². The van der Waals surface area contributed by atoms with Crippen molar-refractivity contribution >= 4 is 0 Å². The predicted octanol–water partition coefficient (Wildman–Crippen LogP) is 2.59. The number of hydrogen-bond acceptors (Lipinski definition) is 3. The van der Waals surface area contributed by atoms with Crippen LogP contribution in [-0.2, 0) is 0 Å². The van der Waals surface area contributed by atoms with Crippen LogP contribution in [-0.4, -0.2) is 49.1 Å². The second-order valence-corrected chi connectivity index (χ2v) is 6.53. The number of rotatable bonds is 6. The molecule has 1 saturated carbocycles. The summed E-state index contributed by atoms with van der Waals surface area (Å²) in [6.45, 7) is 8.92. The van der Waals surface area contributed by atoms with Crippen LogP contribution in [0.2, 0.25) is 0 Å². The highest BCUT2D eigenvalue weighted by Crippen LogP contribution is 2.43. The molecule has 2 fully saturated rings. The van der Waals surface area contributed by atoms with Crippen LogP contribution in [0.1, 0.15) is 49.3 Å². The van der Waals surface area contributed by atoms with E-state index >= 15 is 0 Å². The van der Waals surface area contributed by atoms with E-state index in [1.807, 2.05) is 0 Å². The van der Waals surface area contributed by atoms with Crippen LogP contribution in [0, 0.1) is 0 Å². The van der Waals surface area contributed by atoms with E-state index in [4.69, 9.17) is 5.73 Å². The fraction of sp³-hybridized carbons (Fsp3) is 0.667. The number of hydrogen-bond donors (Lipinski definition) is 1. The molecule has 2 N–H and O–H groups in total. The van der Waals surface area contributed by atoms with Gasteiger partial charge in [0, 0.05) is 38.8 Å². The van der Waals surface area contributed by atoms with Gasteiger partial charge in [-0.25, -0.2) is 0 Å². The summed E-state index contributed by atoms with van der Waals surface area (Å²) < 4.78 is 0. The zero-order valence-corrected chi connectivity index (χ0v) is 13.3. The third kappa shape index (κ3) is 3.47. The minimum atomic E-state index is 0.408. The fourth-order valence-electron chi connectivity index (χ4n) is 3.67. The van der Waals surface area contributed by atoms with Gasteiger partial charge in [0.15, 0.2) is 0 Å². The Morgan fingerprint density at radius 3 is 2.48 bits per heavy atom. The molecule has 1 aliphatic heterocycles. The smallest absolute Gasteiger partial charge is 0.0474 e. The predicted molar refractivity (Wildman–Crippen MR) is 88.5 cm³/mol. The van der Waals surface area contributed by atoms with Crippen molar-refractivity contribution in [1.29, 1.82) is 0 Å². The number of nitrogens with zero attached hydrogens (tertiary/aromatic N) is 2. The first kappa shape index (κ1) is 15.0. The van der Waals surface area contributed by atoms with E-state index in [0.717, 1.165) is 25.6 Å². The molecular weight excluding hydrogens is 258 g/mol. The maximum Gasteiger partial charge on any atom is 0.0474 e. The van der Waals surface area contributed by atoms with Crippen molar-refractivity contribution in [3.63, 3.8) is 0 Å². The number of nitrogens with two attached hydrogens (primary N) is 1. The van der Waals surface area contributed by atoms with Gasteiger partial charge in [0.1, 0.15) is 0 Å². The third-order valence-corrected chi connectivity index (χ3v) is 4.98. The Morgan fingerprint density at radius 2 is 1.86 bits per heavy atom. The summed E-state index contributed by atoms with van der Waals surface area (Å²) in [7, 11) is 0. The lowest BCUT2D eigenvalue weighted by Gasteiger charge is -2.39. The highest BCUT2D eigenvalue weighted by molar-refractivity contribution is 5.36. The van der Waals surface area contributed by atoms with Gasteiger partial charge in [-0.05, 0) is 42.9 Å². The Kier molecular flexibility index (Phi) is 4.94. The molecule has 3 nitrogen and oxygen atoms in total. The van der Waals surface area contributed by atoms with E-state index < -0.39 is 0 Å². The molecule has 0 spiro atoms. The topological polar surface area (TPSA) is 32.5 Å². The lowest BCUT2D eigenvalue weighted by atomic mass is 9.95. The standard InChI is InChI=1S/C18H29N3/c1-2-9-20-10-12-21(13-11-20)18(14-19)17-6-4-3-5-16(17)15-7-8-15/h3-6,15,18H,2,7-14,19H2,1H3. The Bertz CT molecular complexity index is 448. The van der Waals surface area contributed by atoms with Crippen LogP contribution < -0.4 is 5.73 Å². The molecule has 1 aromatic rings. The molecule has 116 valence electrons. The molecule has 2 aliphatic rings. The first-order chi connectivity index (χ1) is 10.3. The normalized spacial score (nSPS) is 22.4. The van der Waals surface area contributed by atoms with Gasteiger partial charge in [-0.3, -0.25) is 4.90 Å². The molecule has 0 radical (unpaired) electrons. The molecule has 3 heteroatoms. The van der Waals surface area contributed by atoms with Crippen molar-refractivity contribution in [3.05, 3.63) is 35.4 Å². The largest absolute Gasteiger partial charge is 0.329 e. The van der Waals surface area contributed by atoms with E-state index in [9.17, 15) is 0 Å². The Labute approximate surface area is 129 Å². The lowest BCUT2D eigenvalue weighted by molar-refractivity contribution is 0.0982. The second-order valence-electron chi connectivity index (χ2n) is 6.53. The molecule has 1 atom stereocenters. The summed E-state index contributed by atoms with van der Waals surface area (Å²) in [6, 6.07) is 9.40. The molecule has 3 rings (SSSR count). The van der Waals surface area contributed by atoms with E-state index in [1.54, 1.807) is 5.56 Å². The maximum absolute atomic E-state index is 6.16. The van der Waals surface area contributed by atoms with Crippen molar-refractivity contribution in [3.8, 4) is 0 Å². The van der Waals surface area contributed by atoms with Crippen LogP contribution in [0.4, 0.5) is 0 Å². The molecule has 1 aliphatic carbocycles. The summed E-state index contributed by atoms with van der Waals surface area (Å²) in [6.07, 6.45) is 3.97. The summed E-state index contributed by atoms with van der Waals surface area (Å²) in [4.78, 5) is 5.18. The van der Waals surface area contributed by atoms with E-state index in [1.165, 1.54) is 44.5 Å². The minimum Gasteiger partial charge on any atom is -0.329 e. The molecular formula is C18H29N3. The van der Waals surface area contributed by atoms with Crippen molar-refractivity contribution < 1.29 is 0 Å². The van der Waals surface area contributed by atoms with Crippen molar-refractivity contribution in [1.82, 2.24) is 9.80 Å². The van der Waals surface area contributed by atoms with Crippen LogP contribution in [0.5, 0.6) is 0 Å². The second kappa shape index (κ2) is 6.91. The van der Waals surface area contributed by atoms with Gasteiger partial charge in [0.25, 0.3) is 0 Å². The molecule has 21 heavy (non-hydrogen) atoms. The Hall–Kier alpha value is -0.900. The van der Waals surface area contributed by atoms with E-state index in [-0.39, 0.29) is 0 Å². The zero-order chi connectivity index (χ0) is 14.7. The van der Waals surface area contributed by atoms with Gasteiger partial charge < -0.3 is 10.6 Å². The van der Waals surface area contributed by atoms with E-state index in [2.05, 4.69) is 41.0 Å². The number of piperazine rings is 1. The van der Waals surface area contributed by atoms with Crippen molar-refractivity contribution in [2.24, 2.45) is 5.73 Å². The maximum atomic E-state index is 6.16.